The Morgan fingerprint density at radius 3 is 2.84 bits per heavy atom. The molecule has 0 spiro atoms. The topological polar surface area (TPSA) is 50.4 Å². The molecule has 1 amide bonds. The van der Waals surface area contributed by atoms with Gasteiger partial charge in [-0.05, 0) is 39.8 Å². The summed E-state index contributed by atoms with van der Waals surface area (Å²) in [6.45, 7) is 4.57. The van der Waals surface area contributed by atoms with Crippen LogP contribution >= 0.6 is 0 Å². The number of aryl methyl sites for hydroxylation is 1. The molecule has 4 heteroatoms. The normalized spacial score (nSPS) is 15.9. The Labute approximate surface area is 114 Å². The van der Waals surface area contributed by atoms with E-state index in [0.717, 1.165) is 30.7 Å². The van der Waals surface area contributed by atoms with Gasteiger partial charge in [0.1, 0.15) is 5.75 Å². The number of ether oxygens (including phenoxy) is 1. The lowest BCUT2D eigenvalue weighted by Gasteiger charge is -2.17. The fraction of sp³-hybridized carbons (Fsp3) is 0.533. The first-order chi connectivity index (χ1) is 9.10. The molecular weight excluding hydrogens is 240 g/mol. The van der Waals surface area contributed by atoms with Crippen LogP contribution in [-0.2, 0) is 11.3 Å². The van der Waals surface area contributed by atoms with Crippen molar-refractivity contribution in [2.24, 2.45) is 0 Å². The van der Waals surface area contributed by atoms with Crippen LogP contribution in [0.2, 0.25) is 0 Å². The van der Waals surface area contributed by atoms with Gasteiger partial charge < -0.3 is 15.4 Å². The molecule has 104 valence electrons. The monoisotopic (exact) mass is 262 g/mol. The van der Waals surface area contributed by atoms with Gasteiger partial charge in [-0.3, -0.25) is 4.79 Å². The molecule has 1 aromatic rings. The highest BCUT2D eigenvalue weighted by Crippen LogP contribution is 2.22. The van der Waals surface area contributed by atoms with Crippen LogP contribution in [0.1, 0.15) is 30.9 Å². The molecule has 19 heavy (non-hydrogen) atoms. The second kappa shape index (κ2) is 6.06. The standard InChI is InChI=1S/C15H22N2O2/c1-10-4-7-14(12(8-10)9-16-3)19-11(2)15(18)17-13-5-6-13/h4,7-8,11,13,16H,5-6,9H2,1-3H3,(H,17,18). The maximum absolute atomic E-state index is 11.9. The highest BCUT2D eigenvalue weighted by atomic mass is 16.5. The summed E-state index contributed by atoms with van der Waals surface area (Å²) >= 11 is 0. The van der Waals surface area contributed by atoms with Crippen molar-refractivity contribution in [2.45, 2.75) is 45.4 Å². The summed E-state index contributed by atoms with van der Waals surface area (Å²) in [5, 5.41) is 6.07. The summed E-state index contributed by atoms with van der Waals surface area (Å²) in [7, 11) is 1.90. The first-order valence-electron chi connectivity index (χ1n) is 6.81. The summed E-state index contributed by atoms with van der Waals surface area (Å²) in [6, 6.07) is 6.38. The van der Waals surface area contributed by atoms with Crippen molar-refractivity contribution in [3.63, 3.8) is 0 Å². The molecule has 0 saturated heterocycles. The summed E-state index contributed by atoms with van der Waals surface area (Å²) in [5.41, 5.74) is 2.27. The number of carbonyl (C=O) groups excluding carboxylic acids is 1. The van der Waals surface area contributed by atoms with Crippen molar-refractivity contribution >= 4 is 5.91 Å². The molecule has 0 aromatic heterocycles. The molecule has 0 heterocycles. The van der Waals surface area contributed by atoms with E-state index in [-0.39, 0.29) is 5.91 Å². The molecule has 1 aliphatic carbocycles. The van der Waals surface area contributed by atoms with E-state index >= 15 is 0 Å². The van der Waals surface area contributed by atoms with Crippen LogP contribution in [0.15, 0.2) is 18.2 Å². The number of nitrogens with one attached hydrogen (secondary N) is 2. The SMILES string of the molecule is CNCc1cc(C)ccc1OC(C)C(=O)NC1CC1. The van der Waals surface area contributed by atoms with E-state index in [1.54, 1.807) is 6.92 Å². The van der Waals surface area contributed by atoms with Crippen molar-refractivity contribution in [2.75, 3.05) is 7.05 Å². The largest absolute Gasteiger partial charge is 0.481 e. The Morgan fingerprint density at radius 1 is 1.47 bits per heavy atom. The molecule has 0 aliphatic heterocycles. The third-order valence-corrected chi connectivity index (χ3v) is 3.18. The van der Waals surface area contributed by atoms with Crippen LogP contribution in [0, 0.1) is 6.92 Å². The first-order valence-corrected chi connectivity index (χ1v) is 6.81. The van der Waals surface area contributed by atoms with Crippen LogP contribution < -0.4 is 15.4 Å². The predicted molar refractivity (Wildman–Crippen MR) is 75.2 cm³/mol. The molecular formula is C15H22N2O2. The van der Waals surface area contributed by atoms with Crippen LogP contribution in [-0.4, -0.2) is 25.1 Å². The minimum Gasteiger partial charge on any atom is -0.481 e. The van der Waals surface area contributed by atoms with Crippen LogP contribution in [0.3, 0.4) is 0 Å². The second-order valence-corrected chi connectivity index (χ2v) is 5.18. The van der Waals surface area contributed by atoms with Gasteiger partial charge in [0.15, 0.2) is 6.10 Å². The van der Waals surface area contributed by atoms with E-state index in [9.17, 15) is 4.79 Å². The van der Waals surface area contributed by atoms with Crippen molar-refractivity contribution < 1.29 is 9.53 Å². The number of benzene rings is 1. The minimum absolute atomic E-state index is 0.0292. The van der Waals surface area contributed by atoms with E-state index in [0.29, 0.717) is 6.04 Å². The number of rotatable bonds is 6. The Hall–Kier alpha value is -1.55. The third-order valence-electron chi connectivity index (χ3n) is 3.18. The van der Waals surface area contributed by atoms with Gasteiger partial charge in [0.25, 0.3) is 5.91 Å². The van der Waals surface area contributed by atoms with Crippen molar-refractivity contribution in [3.05, 3.63) is 29.3 Å². The maximum Gasteiger partial charge on any atom is 0.260 e. The Bertz CT molecular complexity index is 455. The van der Waals surface area contributed by atoms with Crippen LogP contribution in [0.25, 0.3) is 0 Å². The van der Waals surface area contributed by atoms with Gasteiger partial charge in [-0.2, -0.15) is 0 Å². The summed E-state index contributed by atoms with van der Waals surface area (Å²) in [5.74, 6) is 0.747. The summed E-state index contributed by atoms with van der Waals surface area (Å²) in [4.78, 5) is 11.9. The molecule has 0 bridgehead atoms. The minimum atomic E-state index is -0.459. The summed E-state index contributed by atoms with van der Waals surface area (Å²) < 4.78 is 5.79. The molecule has 1 unspecified atom stereocenters. The molecule has 0 radical (unpaired) electrons. The number of hydrogen-bond acceptors (Lipinski definition) is 3. The van der Waals surface area contributed by atoms with Gasteiger partial charge in [-0.15, -0.1) is 0 Å². The smallest absolute Gasteiger partial charge is 0.260 e. The van der Waals surface area contributed by atoms with Gasteiger partial charge in [0, 0.05) is 18.2 Å². The zero-order valence-corrected chi connectivity index (χ0v) is 11.8. The molecule has 1 saturated carbocycles. The van der Waals surface area contributed by atoms with Gasteiger partial charge in [0.2, 0.25) is 0 Å². The highest BCUT2D eigenvalue weighted by Gasteiger charge is 2.26. The number of carbonyl (C=O) groups is 1. The Balaban J connectivity index is 2.01. The van der Waals surface area contributed by atoms with Crippen molar-refractivity contribution in [1.29, 1.82) is 0 Å². The average Bonchev–Trinajstić information content (AvgIpc) is 3.16. The zero-order valence-electron chi connectivity index (χ0n) is 11.8. The lowest BCUT2D eigenvalue weighted by Crippen LogP contribution is -2.37. The van der Waals surface area contributed by atoms with E-state index in [2.05, 4.69) is 16.7 Å². The molecule has 2 rings (SSSR count). The second-order valence-electron chi connectivity index (χ2n) is 5.18. The summed E-state index contributed by atoms with van der Waals surface area (Å²) in [6.07, 6.45) is 1.72. The number of hydrogen-bond donors (Lipinski definition) is 2. The fourth-order valence-corrected chi connectivity index (χ4v) is 1.94. The van der Waals surface area contributed by atoms with Gasteiger partial charge in [0.05, 0.1) is 0 Å². The van der Waals surface area contributed by atoms with Gasteiger partial charge in [-0.25, -0.2) is 0 Å². The molecule has 1 aromatic carbocycles. The van der Waals surface area contributed by atoms with Gasteiger partial charge >= 0.3 is 0 Å². The highest BCUT2D eigenvalue weighted by molar-refractivity contribution is 5.81. The molecule has 1 aliphatic rings. The molecule has 2 N–H and O–H groups in total. The van der Waals surface area contributed by atoms with Crippen LogP contribution in [0.5, 0.6) is 5.75 Å². The van der Waals surface area contributed by atoms with E-state index in [1.807, 2.05) is 26.1 Å². The number of amides is 1. The third kappa shape index (κ3) is 3.96. The molecule has 4 nitrogen and oxygen atoms in total. The zero-order chi connectivity index (χ0) is 13.8. The van der Waals surface area contributed by atoms with E-state index in [1.165, 1.54) is 5.56 Å². The van der Waals surface area contributed by atoms with Crippen LogP contribution in [0.4, 0.5) is 0 Å². The Morgan fingerprint density at radius 2 is 2.21 bits per heavy atom. The fourth-order valence-electron chi connectivity index (χ4n) is 1.94. The molecule has 1 atom stereocenters. The first kappa shape index (κ1) is 13.9. The van der Waals surface area contributed by atoms with Gasteiger partial charge in [-0.1, -0.05) is 17.7 Å². The average molecular weight is 262 g/mol. The molecule has 1 fully saturated rings. The van der Waals surface area contributed by atoms with Crippen molar-refractivity contribution in [1.82, 2.24) is 10.6 Å². The predicted octanol–water partition coefficient (Wildman–Crippen LogP) is 1.76. The lowest BCUT2D eigenvalue weighted by atomic mass is 10.1. The van der Waals surface area contributed by atoms with Crippen molar-refractivity contribution in [3.8, 4) is 5.75 Å². The maximum atomic E-state index is 11.9. The quantitative estimate of drug-likeness (QED) is 0.821. The lowest BCUT2D eigenvalue weighted by molar-refractivity contribution is -0.127. The van der Waals surface area contributed by atoms with E-state index in [4.69, 9.17) is 4.74 Å². The van der Waals surface area contributed by atoms with E-state index < -0.39 is 6.10 Å². The Kier molecular flexibility index (Phi) is 4.43.